The summed E-state index contributed by atoms with van der Waals surface area (Å²) in [5.74, 6) is -0.228. The van der Waals surface area contributed by atoms with Crippen molar-refractivity contribution in [2.45, 2.75) is 12.5 Å². The van der Waals surface area contributed by atoms with Gasteiger partial charge in [-0.05, 0) is 13.5 Å². The second-order valence-corrected chi connectivity index (χ2v) is 3.96. The van der Waals surface area contributed by atoms with Gasteiger partial charge < -0.3 is 15.4 Å². The van der Waals surface area contributed by atoms with E-state index in [0.29, 0.717) is 0 Å². The van der Waals surface area contributed by atoms with E-state index < -0.39 is 4.92 Å². The van der Waals surface area contributed by atoms with E-state index >= 15 is 0 Å². The summed E-state index contributed by atoms with van der Waals surface area (Å²) in [6, 6.07) is 0. The van der Waals surface area contributed by atoms with E-state index in [9.17, 15) is 10.1 Å². The highest BCUT2D eigenvalue weighted by molar-refractivity contribution is 5.57. The molecule has 0 aliphatic carbocycles. The smallest absolute Gasteiger partial charge is 0.372 e. The lowest BCUT2D eigenvalue weighted by Gasteiger charge is -2.12. The normalized spacial score (nSPS) is 20.4. The molecule has 17 heavy (non-hydrogen) atoms. The van der Waals surface area contributed by atoms with Gasteiger partial charge in [0.25, 0.3) is 5.88 Å². The number of likely N-dealkylation sites (N-methyl/N-ethyl adjacent to an activating group) is 1. The number of anilines is 1. The molecule has 8 heteroatoms. The average molecular weight is 239 g/mol. The number of aromatic nitrogens is 2. The summed E-state index contributed by atoms with van der Waals surface area (Å²) in [7, 11) is 1.96. The van der Waals surface area contributed by atoms with Gasteiger partial charge in [0.15, 0.2) is 0 Å². The van der Waals surface area contributed by atoms with Crippen LogP contribution in [0.15, 0.2) is 6.33 Å². The maximum absolute atomic E-state index is 10.8. The third kappa shape index (κ3) is 2.41. The number of nitro groups is 1. The van der Waals surface area contributed by atoms with Gasteiger partial charge in [0.05, 0.1) is 4.92 Å². The van der Waals surface area contributed by atoms with E-state index in [-0.39, 0.29) is 23.5 Å². The van der Waals surface area contributed by atoms with Crippen LogP contribution in [0.25, 0.3) is 0 Å². The second-order valence-electron chi connectivity index (χ2n) is 3.96. The first-order valence-electron chi connectivity index (χ1n) is 5.18. The topological polar surface area (TPSA) is 107 Å². The zero-order valence-corrected chi connectivity index (χ0v) is 9.37. The molecule has 2 rings (SSSR count). The Bertz CT molecular complexity index is 439. The molecule has 1 aromatic heterocycles. The number of nitrogen functional groups attached to an aromatic ring is 1. The van der Waals surface area contributed by atoms with Gasteiger partial charge in [-0.25, -0.2) is 4.98 Å². The Morgan fingerprint density at radius 1 is 1.65 bits per heavy atom. The molecule has 0 bridgehead atoms. The molecule has 1 saturated heterocycles. The molecule has 0 aromatic carbocycles. The van der Waals surface area contributed by atoms with Crippen LogP contribution in [-0.2, 0) is 0 Å². The highest BCUT2D eigenvalue weighted by Gasteiger charge is 2.28. The maximum Gasteiger partial charge on any atom is 0.372 e. The average Bonchev–Trinajstić information content (AvgIpc) is 2.63. The quantitative estimate of drug-likeness (QED) is 0.586. The molecule has 0 amide bonds. The first-order chi connectivity index (χ1) is 8.08. The Balaban J connectivity index is 2.20. The zero-order valence-electron chi connectivity index (χ0n) is 9.37. The van der Waals surface area contributed by atoms with Crippen LogP contribution in [0.1, 0.15) is 6.42 Å². The molecule has 2 N–H and O–H groups in total. The van der Waals surface area contributed by atoms with Gasteiger partial charge >= 0.3 is 5.69 Å². The fourth-order valence-electron chi connectivity index (χ4n) is 1.78. The fraction of sp³-hybridized carbons (Fsp3) is 0.556. The van der Waals surface area contributed by atoms with Crippen LogP contribution in [0, 0.1) is 10.1 Å². The SMILES string of the molecule is CN1CCC(Oc2ncnc(N)c2[N+](=O)[O-])C1. The van der Waals surface area contributed by atoms with Crippen LogP contribution in [0.4, 0.5) is 11.5 Å². The zero-order chi connectivity index (χ0) is 12.4. The summed E-state index contributed by atoms with van der Waals surface area (Å²) in [5.41, 5.74) is 5.08. The van der Waals surface area contributed by atoms with Crippen LogP contribution in [-0.4, -0.2) is 46.0 Å². The van der Waals surface area contributed by atoms with Gasteiger partial charge in [-0.2, -0.15) is 4.98 Å². The molecule has 1 aliphatic heterocycles. The maximum atomic E-state index is 10.8. The molecule has 1 unspecified atom stereocenters. The van der Waals surface area contributed by atoms with E-state index in [2.05, 4.69) is 14.9 Å². The van der Waals surface area contributed by atoms with Crippen LogP contribution < -0.4 is 10.5 Å². The molecule has 2 heterocycles. The number of ether oxygens (including phenoxy) is 1. The van der Waals surface area contributed by atoms with Crippen LogP contribution in [0.2, 0.25) is 0 Å². The highest BCUT2D eigenvalue weighted by Crippen LogP contribution is 2.30. The minimum atomic E-state index is -0.622. The molecule has 1 atom stereocenters. The van der Waals surface area contributed by atoms with Gasteiger partial charge in [0, 0.05) is 13.1 Å². The number of rotatable bonds is 3. The summed E-state index contributed by atoms with van der Waals surface area (Å²) in [4.78, 5) is 19.7. The molecular weight excluding hydrogens is 226 g/mol. The molecule has 1 fully saturated rings. The van der Waals surface area contributed by atoms with Crippen LogP contribution >= 0.6 is 0 Å². The van der Waals surface area contributed by atoms with E-state index in [1.54, 1.807) is 0 Å². The summed E-state index contributed by atoms with van der Waals surface area (Å²) >= 11 is 0. The van der Waals surface area contributed by atoms with Gasteiger partial charge in [0.1, 0.15) is 12.4 Å². The molecule has 0 radical (unpaired) electrons. The molecule has 8 nitrogen and oxygen atoms in total. The number of nitrogens with zero attached hydrogens (tertiary/aromatic N) is 4. The van der Waals surface area contributed by atoms with Crippen molar-refractivity contribution in [1.82, 2.24) is 14.9 Å². The fourth-order valence-corrected chi connectivity index (χ4v) is 1.78. The van der Waals surface area contributed by atoms with Crippen molar-refractivity contribution in [2.75, 3.05) is 25.9 Å². The van der Waals surface area contributed by atoms with Gasteiger partial charge in [-0.15, -0.1) is 0 Å². The molecular formula is C9H13N5O3. The van der Waals surface area contributed by atoms with Crippen molar-refractivity contribution in [1.29, 1.82) is 0 Å². The summed E-state index contributed by atoms with van der Waals surface area (Å²) in [6.45, 7) is 1.63. The minimum Gasteiger partial charge on any atom is -0.468 e. The first-order valence-corrected chi connectivity index (χ1v) is 5.18. The van der Waals surface area contributed by atoms with Gasteiger partial charge in [-0.3, -0.25) is 10.1 Å². The first kappa shape index (κ1) is 11.5. The Morgan fingerprint density at radius 3 is 3.00 bits per heavy atom. The molecule has 92 valence electrons. The number of hydrogen-bond donors (Lipinski definition) is 1. The lowest BCUT2D eigenvalue weighted by molar-refractivity contribution is -0.385. The Morgan fingerprint density at radius 2 is 2.41 bits per heavy atom. The van der Waals surface area contributed by atoms with E-state index in [1.807, 2.05) is 7.05 Å². The Hall–Kier alpha value is -1.96. The predicted molar refractivity (Wildman–Crippen MR) is 59.6 cm³/mol. The van der Waals surface area contributed by atoms with E-state index in [0.717, 1.165) is 25.8 Å². The number of hydrogen-bond acceptors (Lipinski definition) is 7. The predicted octanol–water partition coefficient (Wildman–Crippen LogP) is 0.0499. The Kier molecular flexibility index (Phi) is 3.05. The molecule has 0 saturated carbocycles. The summed E-state index contributed by atoms with van der Waals surface area (Å²) < 4.78 is 5.50. The van der Waals surface area contributed by atoms with Crippen molar-refractivity contribution < 1.29 is 9.66 Å². The van der Waals surface area contributed by atoms with Crippen LogP contribution in [0.3, 0.4) is 0 Å². The largest absolute Gasteiger partial charge is 0.468 e. The lowest BCUT2D eigenvalue weighted by atomic mass is 10.3. The standard InChI is InChI=1S/C9H13N5O3/c1-13-3-2-6(4-13)17-9-7(14(15)16)8(10)11-5-12-9/h5-6H,2-4H2,1H3,(H2,10,11,12). The molecule has 0 spiro atoms. The summed E-state index contributed by atoms with van der Waals surface area (Å²) in [5, 5.41) is 10.8. The monoisotopic (exact) mass is 239 g/mol. The van der Waals surface area contributed by atoms with E-state index in [4.69, 9.17) is 10.5 Å². The number of nitrogens with two attached hydrogens (primary N) is 1. The third-order valence-electron chi connectivity index (χ3n) is 2.63. The second kappa shape index (κ2) is 4.50. The van der Waals surface area contributed by atoms with E-state index in [1.165, 1.54) is 0 Å². The third-order valence-corrected chi connectivity index (χ3v) is 2.63. The molecule has 1 aromatic rings. The van der Waals surface area contributed by atoms with Gasteiger partial charge in [0.2, 0.25) is 5.82 Å². The Labute approximate surface area is 97.6 Å². The molecule has 1 aliphatic rings. The highest BCUT2D eigenvalue weighted by atomic mass is 16.6. The van der Waals surface area contributed by atoms with Gasteiger partial charge in [-0.1, -0.05) is 0 Å². The van der Waals surface area contributed by atoms with Crippen molar-refractivity contribution in [3.63, 3.8) is 0 Å². The van der Waals surface area contributed by atoms with Crippen molar-refractivity contribution in [2.24, 2.45) is 0 Å². The lowest BCUT2D eigenvalue weighted by Crippen LogP contribution is -2.22. The number of likely N-dealkylation sites (tertiary alicyclic amines) is 1. The van der Waals surface area contributed by atoms with Crippen molar-refractivity contribution >= 4 is 11.5 Å². The van der Waals surface area contributed by atoms with Crippen LogP contribution in [0.5, 0.6) is 5.88 Å². The summed E-state index contributed by atoms with van der Waals surface area (Å²) in [6.07, 6.45) is 1.89. The van der Waals surface area contributed by atoms with Crippen molar-refractivity contribution in [3.8, 4) is 5.88 Å². The minimum absolute atomic E-state index is 0.0530. The van der Waals surface area contributed by atoms with Crippen molar-refractivity contribution in [3.05, 3.63) is 16.4 Å².